The molecule has 1 aromatic carbocycles. The normalized spacial score (nSPS) is 10.4. The van der Waals surface area contributed by atoms with Crippen LogP contribution in [0.25, 0.3) is 11.4 Å². The Morgan fingerprint density at radius 1 is 1.21 bits per heavy atom. The fourth-order valence-electron chi connectivity index (χ4n) is 2.77. The van der Waals surface area contributed by atoms with Crippen molar-refractivity contribution in [1.29, 1.82) is 0 Å². The molecule has 0 spiro atoms. The van der Waals surface area contributed by atoms with Crippen molar-refractivity contribution in [2.75, 3.05) is 11.9 Å². The first-order valence-corrected chi connectivity index (χ1v) is 10.1. The summed E-state index contributed by atoms with van der Waals surface area (Å²) in [4.78, 5) is 33.0. The van der Waals surface area contributed by atoms with Crippen LogP contribution in [0.1, 0.15) is 28.5 Å². The number of carbonyl (C=O) groups excluding carboxylic acids is 2. The lowest BCUT2D eigenvalue weighted by atomic mass is 10.1. The average Bonchev–Trinajstić information content (AvgIpc) is 3.25. The van der Waals surface area contributed by atoms with Gasteiger partial charge < -0.3 is 10.1 Å². The van der Waals surface area contributed by atoms with Crippen molar-refractivity contribution in [3.63, 3.8) is 0 Å². The predicted molar refractivity (Wildman–Crippen MR) is 115 cm³/mol. The van der Waals surface area contributed by atoms with Crippen LogP contribution in [0.2, 0.25) is 0 Å². The molecule has 0 saturated heterocycles. The monoisotopic (exact) mass is 407 g/mol. The molecule has 0 unspecified atom stereocenters. The molecule has 0 radical (unpaired) electrons. The van der Waals surface area contributed by atoms with Crippen molar-refractivity contribution in [3.8, 4) is 11.4 Å². The van der Waals surface area contributed by atoms with Crippen molar-refractivity contribution < 1.29 is 14.3 Å². The molecule has 29 heavy (non-hydrogen) atoms. The molecule has 148 valence electrons. The number of aromatic nitrogens is 2. The molecule has 0 atom stereocenters. The number of nitrogens with one attached hydrogen (secondary N) is 1. The van der Waals surface area contributed by atoms with Gasteiger partial charge in [-0.3, -0.25) is 4.79 Å². The molecule has 3 aromatic rings. The molecule has 2 aromatic heterocycles. The van der Waals surface area contributed by atoms with E-state index in [1.165, 1.54) is 0 Å². The summed E-state index contributed by atoms with van der Waals surface area (Å²) < 4.78 is 4.76. The number of benzene rings is 1. The molecule has 6 nitrogen and oxygen atoms in total. The number of esters is 1. The van der Waals surface area contributed by atoms with Crippen LogP contribution in [-0.4, -0.2) is 28.3 Å². The van der Waals surface area contributed by atoms with E-state index in [1.807, 2.05) is 29.8 Å². The van der Waals surface area contributed by atoms with Gasteiger partial charge in [-0.05, 0) is 56.0 Å². The van der Waals surface area contributed by atoms with Crippen LogP contribution in [-0.2, 0) is 16.0 Å². The van der Waals surface area contributed by atoms with Crippen LogP contribution in [0.3, 0.4) is 0 Å². The molecule has 0 saturated carbocycles. The van der Waals surface area contributed by atoms with Gasteiger partial charge in [0, 0.05) is 33.5 Å². The first kappa shape index (κ1) is 20.4. The fraction of sp³-hybridized carbons (Fsp3) is 0.182. The van der Waals surface area contributed by atoms with E-state index in [1.54, 1.807) is 42.5 Å². The van der Waals surface area contributed by atoms with Gasteiger partial charge in [0.15, 0.2) is 5.82 Å². The zero-order valence-electron chi connectivity index (χ0n) is 16.3. The van der Waals surface area contributed by atoms with Gasteiger partial charge in [0.1, 0.15) is 5.82 Å². The number of hydrogen-bond acceptors (Lipinski definition) is 7. The molecule has 0 aliphatic heterocycles. The van der Waals surface area contributed by atoms with Crippen molar-refractivity contribution in [2.24, 2.45) is 0 Å². The minimum absolute atomic E-state index is 0.163. The first-order valence-electron chi connectivity index (χ1n) is 9.13. The summed E-state index contributed by atoms with van der Waals surface area (Å²) in [6.07, 6.45) is 2.43. The Labute approximate surface area is 173 Å². The second kappa shape index (κ2) is 9.25. The third kappa shape index (κ3) is 4.75. The fourth-order valence-corrected chi connectivity index (χ4v) is 3.40. The summed E-state index contributed by atoms with van der Waals surface area (Å²) >= 11 is 1.59. The van der Waals surface area contributed by atoms with E-state index in [9.17, 15) is 9.59 Å². The standard InChI is InChI=1S/C22H21N3O3S/c1-4-6-18-14(3)23-20(16-11-12-29-13-16)25-21(18)24-17-9-7-15(8-10-17)19(26)22(27)28-5-2/h4,7-13H,1,5-6H2,2-3H3,(H,23,24,25). The van der Waals surface area contributed by atoms with Gasteiger partial charge in [-0.15, -0.1) is 6.58 Å². The highest BCUT2D eigenvalue weighted by molar-refractivity contribution is 7.08. The number of thiophene rings is 1. The van der Waals surface area contributed by atoms with Crippen LogP contribution in [0.15, 0.2) is 53.7 Å². The molecule has 0 fully saturated rings. The number of anilines is 2. The smallest absolute Gasteiger partial charge is 0.379 e. The molecule has 0 amide bonds. The summed E-state index contributed by atoms with van der Waals surface area (Å²) in [5, 5.41) is 7.28. The number of Topliss-reactive ketones (excluding diaryl/α,β-unsaturated/α-hetero) is 1. The van der Waals surface area contributed by atoms with Crippen LogP contribution in [0.5, 0.6) is 0 Å². The Bertz CT molecular complexity index is 1030. The molecule has 0 aliphatic carbocycles. The zero-order chi connectivity index (χ0) is 20.8. The molecular formula is C22H21N3O3S. The van der Waals surface area contributed by atoms with E-state index in [2.05, 4.69) is 16.9 Å². The third-order valence-electron chi connectivity index (χ3n) is 4.21. The highest BCUT2D eigenvalue weighted by atomic mass is 32.1. The Kier molecular flexibility index (Phi) is 6.51. The Hall–Kier alpha value is -3.32. The van der Waals surface area contributed by atoms with Crippen molar-refractivity contribution in [2.45, 2.75) is 20.3 Å². The molecule has 0 aliphatic rings. The van der Waals surface area contributed by atoms with E-state index < -0.39 is 11.8 Å². The lowest BCUT2D eigenvalue weighted by Gasteiger charge is -2.14. The predicted octanol–water partition coefficient (Wildman–Crippen LogP) is 4.73. The van der Waals surface area contributed by atoms with Gasteiger partial charge in [0.25, 0.3) is 5.78 Å². The highest BCUT2D eigenvalue weighted by Gasteiger charge is 2.17. The Morgan fingerprint density at radius 2 is 1.97 bits per heavy atom. The SMILES string of the molecule is C=CCc1c(C)nc(-c2ccsc2)nc1Nc1ccc(C(=O)C(=O)OCC)cc1. The summed E-state index contributed by atoms with van der Waals surface area (Å²) in [5.74, 6) is -0.187. The summed E-state index contributed by atoms with van der Waals surface area (Å²) in [7, 11) is 0. The number of ether oxygens (including phenoxy) is 1. The van der Waals surface area contributed by atoms with E-state index in [0.29, 0.717) is 18.1 Å². The van der Waals surface area contributed by atoms with Gasteiger partial charge in [0.2, 0.25) is 0 Å². The topological polar surface area (TPSA) is 81.2 Å². The van der Waals surface area contributed by atoms with Crippen LogP contribution < -0.4 is 5.32 Å². The number of aryl methyl sites for hydroxylation is 1. The Balaban J connectivity index is 1.89. The van der Waals surface area contributed by atoms with Gasteiger partial charge in [-0.2, -0.15) is 11.3 Å². The molecule has 1 N–H and O–H groups in total. The number of carbonyl (C=O) groups is 2. The van der Waals surface area contributed by atoms with E-state index >= 15 is 0 Å². The van der Waals surface area contributed by atoms with Crippen molar-refractivity contribution in [3.05, 3.63) is 70.6 Å². The zero-order valence-corrected chi connectivity index (χ0v) is 17.1. The highest BCUT2D eigenvalue weighted by Crippen LogP contribution is 2.27. The molecule has 3 rings (SSSR count). The minimum Gasteiger partial charge on any atom is -0.460 e. The molecular weight excluding hydrogens is 386 g/mol. The van der Waals surface area contributed by atoms with Crippen LogP contribution in [0, 0.1) is 6.92 Å². The Morgan fingerprint density at radius 3 is 2.59 bits per heavy atom. The quantitative estimate of drug-likeness (QED) is 0.252. The van der Waals surface area contributed by atoms with E-state index in [4.69, 9.17) is 9.72 Å². The van der Waals surface area contributed by atoms with Gasteiger partial charge in [-0.1, -0.05) is 6.08 Å². The first-order chi connectivity index (χ1) is 14.0. The van der Waals surface area contributed by atoms with Crippen molar-refractivity contribution in [1.82, 2.24) is 9.97 Å². The summed E-state index contributed by atoms with van der Waals surface area (Å²) in [6, 6.07) is 8.61. The maximum absolute atomic E-state index is 12.0. The maximum atomic E-state index is 12.0. The second-order valence-electron chi connectivity index (χ2n) is 6.22. The largest absolute Gasteiger partial charge is 0.460 e. The third-order valence-corrected chi connectivity index (χ3v) is 4.90. The van der Waals surface area contributed by atoms with Crippen LogP contribution in [0.4, 0.5) is 11.5 Å². The number of ketones is 1. The summed E-state index contributed by atoms with van der Waals surface area (Å²) in [6.45, 7) is 7.59. The van der Waals surface area contributed by atoms with E-state index in [-0.39, 0.29) is 12.2 Å². The van der Waals surface area contributed by atoms with Crippen molar-refractivity contribution >= 4 is 34.6 Å². The lowest BCUT2D eigenvalue weighted by Crippen LogP contribution is -2.17. The van der Waals surface area contributed by atoms with Gasteiger partial charge >= 0.3 is 5.97 Å². The van der Waals surface area contributed by atoms with Gasteiger partial charge in [0.05, 0.1) is 6.61 Å². The lowest BCUT2D eigenvalue weighted by molar-refractivity contribution is -0.137. The van der Waals surface area contributed by atoms with Crippen LogP contribution >= 0.6 is 11.3 Å². The van der Waals surface area contributed by atoms with E-state index in [0.717, 1.165) is 22.5 Å². The maximum Gasteiger partial charge on any atom is 0.379 e. The number of rotatable bonds is 8. The second-order valence-corrected chi connectivity index (χ2v) is 7.00. The van der Waals surface area contributed by atoms with Gasteiger partial charge in [-0.25, -0.2) is 14.8 Å². The average molecular weight is 407 g/mol. The number of nitrogens with zero attached hydrogens (tertiary/aromatic N) is 2. The minimum atomic E-state index is -0.853. The number of hydrogen-bond donors (Lipinski definition) is 1. The molecule has 0 bridgehead atoms. The molecule has 2 heterocycles. The number of allylic oxidation sites excluding steroid dienone is 1. The summed E-state index contributed by atoms with van der Waals surface area (Å²) in [5.41, 5.74) is 3.80. The molecule has 7 heteroatoms.